The number of ketones is 1. The van der Waals surface area contributed by atoms with E-state index >= 15 is 0 Å². The van der Waals surface area contributed by atoms with Crippen LogP contribution < -0.4 is 0 Å². The highest BCUT2D eigenvalue weighted by Crippen LogP contribution is 2.37. The fourth-order valence-electron chi connectivity index (χ4n) is 3.45. The first-order valence-corrected chi connectivity index (χ1v) is 11.5. The Morgan fingerprint density at radius 1 is 0.769 bits per heavy atom. The van der Waals surface area contributed by atoms with E-state index in [9.17, 15) is 21.6 Å². The van der Waals surface area contributed by atoms with Gasteiger partial charge in [-0.15, -0.1) is 0 Å². The lowest BCUT2D eigenvalue weighted by Crippen LogP contribution is -2.40. The normalized spacial score (nSPS) is 18.8. The van der Waals surface area contributed by atoms with Crippen molar-refractivity contribution in [3.63, 3.8) is 0 Å². The second-order valence-electron chi connectivity index (χ2n) is 6.48. The van der Waals surface area contributed by atoms with Gasteiger partial charge in [-0.1, -0.05) is 36.4 Å². The average Bonchev–Trinajstić information content (AvgIpc) is 2.63. The van der Waals surface area contributed by atoms with Crippen molar-refractivity contribution in [3.05, 3.63) is 60.7 Å². The average molecular weight is 392 g/mol. The molecule has 2 aromatic rings. The maximum Gasteiger partial charge on any atom is 0.196 e. The summed E-state index contributed by atoms with van der Waals surface area (Å²) in [5, 5.41) is 0. The lowest BCUT2D eigenvalue weighted by molar-refractivity contribution is -0.121. The number of carbonyl (C=O) groups is 1. The third-order valence-electron chi connectivity index (χ3n) is 4.66. The minimum Gasteiger partial charge on any atom is -0.300 e. The zero-order valence-corrected chi connectivity index (χ0v) is 15.7. The van der Waals surface area contributed by atoms with Gasteiger partial charge in [-0.05, 0) is 43.0 Å². The van der Waals surface area contributed by atoms with Gasteiger partial charge >= 0.3 is 0 Å². The summed E-state index contributed by atoms with van der Waals surface area (Å²) in [5.74, 6) is -0.829. The van der Waals surface area contributed by atoms with E-state index in [1.807, 2.05) is 0 Å². The van der Waals surface area contributed by atoms with Gasteiger partial charge in [0.25, 0.3) is 0 Å². The van der Waals surface area contributed by atoms with Crippen molar-refractivity contribution in [3.8, 4) is 0 Å². The third kappa shape index (κ3) is 3.59. The van der Waals surface area contributed by atoms with E-state index < -0.39 is 30.2 Å². The van der Waals surface area contributed by atoms with Crippen molar-refractivity contribution in [2.75, 3.05) is 0 Å². The van der Waals surface area contributed by atoms with Crippen molar-refractivity contribution >= 4 is 25.5 Å². The molecule has 0 saturated heterocycles. The van der Waals surface area contributed by atoms with Crippen LogP contribution in [0.5, 0.6) is 0 Å². The minimum absolute atomic E-state index is 0.0250. The monoisotopic (exact) mass is 392 g/mol. The number of benzene rings is 2. The molecule has 5 nitrogen and oxygen atoms in total. The van der Waals surface area contributed by atoms with Crippen molar-refractivity contribution in [1.29, 1.82) is 0 Å². The molecule has 0 aliphatic heterocycles. The topological polar surface area (TPSA) is 85.3 Å². The van der Waals surface area contributed by atoms with Crippen LogP contribution in [0.4, 0.5) is 0 Å². The fourth-order valence-corrected chi connectivity index (χ4v) is 8.54. The quantitative estimate of drug-likeness (QED) is 0.781. The number of hydrogen-bond acceptors (Lipinski definition) is 5. The number of Topliss-reactive ketones (excluding diaryl/α,β-unsaturated/α-hetero) is 1. The molecule has 0 bridgehead atoms. The minimum atomic E-state index is -4.17. The molecule has 1 aliphatic carbocycles. The Bertz CT molecular complexity index is 911. The van der Waals surface area contributed by atoms with Crippen LogP contribution in [0.1, 0.15) is 25.7 Å². The molecule has 0 amide bonds. The molecule has 0 aromatic heterocycles. The summed E-state index contributed by atoms with van der Waals surface area (Å²) < 4.78 is 51.4. The van der Waals surface area contributed by atoms with Gasteiger partial charge in [-0.3, -0.25) is 4.79 Å². The van der Waals surface area contributed by atoms with Crippen LogP contribution in [-0.4, -0.2) is 27.2 Å². The number of rotatable bonds is 5. The first-order chi connectivity index (χ1) is 12.3. The SMILES string of the molecule is O=C1CCC[C@@H](C(S(=O)(=O)c2ccccc2)S(=O)(=O)c2ccccc2)C1. The molecule has 0 spiro atoms. The molecule has 0 heterocycles. The molecule has 1 fully saturated rings. The molecular formula is C19H20O5S2. The van der Waals surface area contributed by atoms with Crippen LogP contribution in [0.15, 0.2) is 70.5 Å². The van der Waals surface area contributed by atoms with Gasteiger partial charge in [0.15, 0.2) is 24.3 Å². The molecule has 0 N–H and O–H groups in total. The highest BCUT2D eigenvalue weighted by Gasteiger charge is 2.46. The molecule has 0 radical (unpaired) electrons. The Morgan fingerprint density at radius 3 is 1.65 bits per heavy atom. The third-order valence-corrected chi connectivity index (χ3v) is 10.0. The molecule has 3 rings (SSSR count). The molecule has 138 valence electrons. The van der Waals surface area contributed by atoms with Crippen LogP contribution >= 0.6 is 0 Å². The standard InChI is InChI=1S/C19H20O5S2/c20-16-9-7-8-15(14-16)19(25(21,22)17-10-3-1-4-11-17)26(23,24)18-12-5-2-6-13-18/h1-6,10-13,15,19H,7-9,14H2/t15-/m1/s1. The predicted molar refractivity (Wildman–Crippen MR) is 98.0 cm³/mol. The molecule has 26 heavy (non-hydrogen) atoms. The lowest BCUT2D eigenvalue weighted by Gasteiger charge is -2.29. The van der Waals surface area contributed by atoms with E-state index in [-0.39, 0.29) is 22.0 Å². The van der Waals surface area contributed by atoms with Crippen molar-refractivity contribution in [1.82, 2.24) is 0 Å². The molecule has 0 unspecified atom stereocenters. The van der Waals surface area contributed by atoms with Crippen LogP contribution in [0.25, 0.3) is 0 Å². The maximum absolute atomic E-state index is 13.3. The van der Waals surface area contributed by atoms with Gasteiger partial charge in [-0.2, -0.15) is 0 Å². The van der Waals surface area contributed by atoms with Crippen molar-refractivity contribution in [2.24, 2.45) is 5.92 Å². The molecule has 1 saturated carbocycles. The first kappa shape index (κ1) is 18.8. The van der Waals surface area contributed by atoms with Crippen molar-refractivity contribution in [2.45, 2.75) is 40.1 Å². The van der Waals surface area contributed by atoms with Crippen molar-refractivity contribution < 1.29 is 21.6 Å². The van der Waals surface area contributed by atoms with E-state index in [1.54, 1.807) is 36.4 Å². The Morgan fingerprint density at radius 2 is 1.23 bits per heavy atom. The highest BCUT2D eigenvalue weighted by atomic mass is 32.3. The lowest BCUT2D eigenvalue weighted by atomic mass is 9.90. The zero-order valence-electron chi connectivity index (χ0n) is 14.1. The van der Waals surface area contributed by atoms with Crippen LogP contribution in [0, 0.1) is 5.92 Å². The summed E-state index contributed by atoms with van der Waals surface area (Å²) in [6.45, 7) is 0. The summed E-state index contributed by atoms with van der Waals surface area (Å²) in [6, 6.07) is 15.2. The summed E-state index contributed by atoms with van der Waals surface area (Å²) >= 11 is 0. The second-order valence-corrected chi connectivity index (χ2v) is 10.9. The summed E-state index contributed by atoms with van der Waals surface area (Å²) in [5.41, 5.74) is 0. The fraction of sp³-hybridized carbons (Fsp3) is 0.316. The van der Waals surface area contributed by atoms with E-state index in [0.717, 1.165) is 0 Å². The van der Waals surface area contributed by atoms with E-state index in [2.05, 4.69) is 0 Å². The first-order valence-electron chi connectivity index (χ1n) is 8.43. The van der Waals surface area contributed by atoms with Crippen LogP contribution in [0.3, 0.4) is 0 Å². The molecule has 2 aromatic carbocycles. The Kier molecular flexibility index (Phi) is 5.29. The van der Waals surface area contributed by atoms with E-state index in [4.69, 9.17) is 0 Å². The van der Waals surface area contributed by atoms with Gasteiger partial charge in [0, 0.05) is 12.8 Å². The summed E-state index contributed by atoms with van der Waals surface area (Å²) in [6.07, 6.45) is 1.26. The number of sulfone groups is 2. The molecular weight excluding hydrogens is 372 g/mol. The highest BCUT2D eigenvalue weighted by molar-refractivity contribution is 8.09. The Balaban J connectivity index is 2.16. The van der Waals surface area contributed by atoms with E-state index in [0.29, 0.717) is 19.3 Å². The largest absolute Gasteiger partial charge is 0.300 e. The maximum atomic E-state index is 13.3. The molecule has 1 atom stereocenters. The zero-order chi connectivity index (χ0) is 18.8. The van der Waals surface area contributed by atoms with Gasteiger partial charge in [0.2, 0.25) is 0 Å². The molecule has 7 heteroatoms. The van der Waals surface area contributed by atoms with Gasteiger partial charge in [0.05, 0.1) is 9.79 Å². The van der Waals surface area contributed by atoms with E-state index in [1.165, 1.54) is 24.3 Å². The summed E-state index contributed by atoms with van der Waals surface area (Å²) in [4.78, 5) is 11.8. The predicted octanol–water partition coefficient (Wildman–Crippen LogP) is 3.02. The van der Waals surface area contributed by atoms with Gasteiger partial charge < -0.3 is 0 Å². The van der Waals surface area contributed by atoms with Crippen LogP contribution in [0.2, 0.25) is 0 Å². The Labute approximate surface area is 153 Å². The molecule has 1 aliphatic rings. The Hall–Kier alpha value is -1.99. The van der Waals surface area contributed by atoms with Crippen LogP contribution in [-0.2, 0) is 24.5 Å². The number of hydrogen-bond donors (Lipinski definition) is 0. The van der Waals surface area contributed by atoms with Gasteiger partial charge in [0.1, 0.15) is 5.78 Å². The number of carbonyl (C=O) groups excluding carboxylic acids is 1. The second kappa shape index (κ2) is 7.32. The smallest absolute Gasteiger partial charge is 0.196 e. The summed E-state index contributed by atoms with van der Waals surface area (Å²) in [7, 11) is -8.34. The van der Waals surface area contributed by atoms with Gasteiger partial charge in [-0.25, -0.2) is 16.8 Å².